The molecule has 8 nitrogen and oxygen atoms in total. The lowest BCUT2D eigenvalue weighted by atomic mass is 10.0. The second-order valence-electron chi connectivity index (χ2n) is 7.98. The molecule has 2 aromatic heterocycles. The van der Waals surface area contributed by atoms with E-state index in [4.69, 9.17) is 9.40 Å². The smallest absolute Gasteiger partial charge is 0.282 e. The average molecular weight is 493 g/mol. The number of benzene rings is 4. The van der Waals surface area contributed by atoms with Crippen LogP contribution in [0.1, 0.15) is 10.4 Å². The van der Waals surface area contributed by atoms with Gasteiger partial charge in [-0.3, -0.25) is 14.9 Å². The van der Waals surface area contributed by atoms with Crippen LogP contribution in [0, 0.1) is 10.1 Å². The topological polar surface area (TPSA) is 111 Å². The summed E-state index contributed by atoms with van der Waals surface area (Å²) in [6.07, 6.45) is 0. The molecular formula is C27H16N4O4S. The minimum absolute atomic E-state index is 0.0976. The standard InChI is InChI=1S/C27H16N4O4S/c32-25(18-9-3-5-11-22(18)31(33)34)29-30-26-20(27-28-21-10-4-6-12-24(21)36-27)15-19-17-8-2-1-7-16(17)13-14-23(19)35-26/h1-15H,(H,29,32)/b30-26-. The van der Waals surface area contributed by atoms with Crippen LogP contribution in [-0.2, 0) is 0 Å². The minimum Gasteiger partial charge on any atom is -0.436 e. The van der Waals surface area contributed by atoms with Gasteiger partial charge in [-0.25, -0.2) is 10.4 Å². The number of carbonyl (C=O) groups excluding carboxylic acids is 1. The minimum atomic E-state index is -0.716. The van der Waals surface area contributed by atoms with Gasteiger partial charge in [-0.1, -0.05) is 54.6 Å². The highest BCUT2D eigenvalue weighted by atomic mass is 32.1. The number of nitro benzene ring substituents is 1. The first-order valence-corrected chi connectivity index (χ1v) is 11.8. The molecule has 6 rings (SSSR count). The van der Waals surface area contributed by atoms with Gasteiger partial charge in [-0.15, -0.1) is 16.4 Å². The molecule has 1 N–H and O–H groups in total. The Balaban J connectivity index is 1.54. The molecule has 4 aromatic carbocycles. The quantitative estimate of drug-likeness (QED) is 0.184. The van der Waals surface area contributed by atoms with Crippen LogP contribution < -0.4 is 11.0 Å². The van der Waals surface area contributed by atoms with Gasteiger partial charge >= 0.3 is 0 Å². The third kappa shape index (κ3) is 3.77. The molecule has 174 valence electrons. The van der Waals surface area contributed by atoms with Crippen molar-refractivity contribution >= 4 is 54.9 Å². The van der Waals surface area contributed by atoms with Gasteiger partial charge in [0.25, 0.3) is 11.6 Å². The van der Waals surface area contributed by atoms with Crippen molar-refractivity contribution in [2.75, 3.05) is 0 Å². The third-order valence-electron chi connectivity index (χ3n) is 5.79. The Kier molecular flexibility index (Phi) is 5.24. The van der Waals surface area contributed by atoms with Crippen LogP contribution in [0.15, 0.2) is 101 Å². The fourth-order valence-corrected chi connectivity index (χ4v) is 5.06. The monoisotopic (exact) mass is 492 g/mol. The predicted octanol–water partition coefficient (Wildman–Crippen LogP) is 6.02. The molecule has 2 heterocycles. The lowest BCUT2D eigenvalue weighted by Crippen LogP contribution is -2.23. The number of nitrogens with one attached hydrogen (secondary N) is 1. The van der Waals surface area contributed by atoms with Crippen molar-refractivity contribution in [1.82, 2.24) is 10.4 Å². The summed E-state index contributed by atoms with van der Waals surface area (Å²) in [5.74, 6) is -0.716. The first kappa shape index (κ1) is 21.6. The number of hydrogen-bond donors (Lipinski definition) is 1. The van der Waals surface area contributed by atoms with Crippen LogP contribution in [0.2, 0.25) is 0 Å². The molecule has 0 fully saturated rings. The Morgan fingerprint density at radius 1 is 0.944 bits per heavy atom. The van der Waals surface area contributed by atoms with Gasteiger partial charge in [0.15, 0.2) is 0 Å². The number of para-hydroxylation sites is 2. The number of amides is 1. The number of aromatic nitrogens is 1. The normalized spacial score (nSPS) is 11.8. The molecule has 9 heteroatoms. The maximum Gasteiger partial charge on any atom is 0.282 e. The molecule has 6 aromatic rings. The van der Waals surface area contributed by atoms with Gasteiger partial charge in [0, 0.05) is 11.5 Å². The van der Waals surface area contributed by atoms with E-state index in [-0.39, 0.29) is 16.8 Å². The molecule has 0 atom stereocenters. The molecule has 1 amide bonds. The molecule has 0 aliphatic heterocycles. The molecule has 0 saturated heterocycles. The fraction of sp³-hybridized carbons (Fsp3) is 0. The molecule has 0 spiro atoms. The Labute approximate surface area is 207 Å². The van der Waals surface area contributed by atoms with Crippen molar-refractivity contribution in [1.29, 1.82) is 0 Å². The van der Waals surface area contributed by atoms with Crippen LogP contribution in [0.4, 0.5) is 5.69 Å². The second kappa shape index (κ2) is 8.71. The van der Waals surface area contributed by atoms with E-state index in [1.54, 1.807) is 6.07 Å². The number of rotatable bonds is 4. The van der Waals surface area contributed by atoms with Crippen molar-refractivity contribution in [2.45, 2.75) is 0 Å². The number of thiazole rings is 1. The molecule has 0 aliphatic carbocycles. The number of carbonyl (C=O) groups is 1. The van der Waals surface area contributed by atoms with Gasteiger partial charge in [0.05, 0.1) is 20.7 Å². The second-order valence-corrected chi connectivity index (χ2v) is 9.01. The summed E-state index contributed by atoms with van der Waals surface area (Å²) in [5.41, 5.74) is 4.18. The molecule has 36 heavy (non-hydrogen) atoms. The summed E-state index contributed by atoms with van der Waals surface area (Å²) >= 11 is 1.48. The Hall–Kier alpha value is -4.89. The van der Waals surface area contributed by atoms with Crippen LogP contribution in [0.25, 0.3) is 42.5 Å². The lowest BCUT2D eigenvalue weighted by molar-refractivity contribution is -0.385. The highest BCUT2D eigenvalue weighted by Gasteiger charge is 2.19. The predicted molar refractivity (Wildman–Crippen MR) is 138 cm³/mol. The van der Waals surface area contributed by atoms with E-state index in [9.17, 15) is 14.9 Å². The summed E-state index contributed by atoms with van der Waals surface area (Å²) in [7, 11) is 0. The maximum absolute atomic E-state index is 12.8. The highest BCUT2D eigenvalue weighted by molar-refractivity contribution is 7.21. The molecule has 0 aliphatic rings. The van der Waals surface area contributed by atoms with Crippen molar-refractivity contribution < 1.29 is 14.1 Å². The van der Waals surface area contributed by atoms with E-state index in [0.717, 1.165) is 26.4 Å². The lowest BCUT2D eigenvalue weighted by Gasteiger charge is -2.06. The largest absolute Gasteiger partial charge is 0.436 e. The van der Waals surface area contributed by atoms with Crippen LogP contribution in [-0.4, -0.2) is 15.8 Å². The summed E-state index contributed by atoms with van der Waals surface area (Å²) in [6.45, 7) is 0. The molecule has 0 radical (unpaired) electrons. The van der Waals surface area contributed by atoms with E-state index in [0.29, 0.717) is 16.2 Å². The SMILES string of the molecule is O=C(N/N=c1\oc2ccc3ccccc3c2cc1-c1nc2ccccc2s1)c1ccccc1[N+](=O)[O-]. The van der Waals surface area contributed by atoms with E-state index >= 15 is 0 Å². The molecule has 0 saturated carbocycles. The van der Waals surface area contributed by atoms with Gasteiger partial charge < -0.3 is 4.42 Å². The van der Waals surface area contributed by atoms with Crippen LogP contribution in [0.5, 0.6) is 0 Å². The number of hydrogen-bond acceptors (Lipinski definition) is 7. The summed E-state index contributed by atoms with van der Waals surface area (Å²) < 4.78 is 7.17. The third-order valence-corrected chi connectivity index (χ3v) is 6.85. The zero-order valence-corrected chi connectivity index (χ0v) is 19.4. The van der Waals surface area contributed by atoms with Gasteiger partial charge in [0.1, 0.15) is 16.2 Å². The summed E-state index contributed by atoms with van der Waals surface area (Å²) in [4.78, 5) is 28.3. The first-order valence-electron chi connectivity index (χ1n) is 11.0. The number of nitrogens with zero attached hydrogens (tertiary/aromatic N) is 3. The zero-order chi connectivity index (χ0) is 24.6. The number of nitro groups is 1. The van der Waals surface area contributed by atoms with Gasteiger partial charge in [0.2, 0.25) is 5.55 Å². The van der Waals surface area contributed by atoms with E-state index in [1.165, 1.54) is 29.5 Å². The Morgan fingerprint density at radius 2 is 1.72 bits per heavy atom. The maximum atomic E-state index is 12.8. The van der Waals surface area contributed by atoms with Crippen LogP contribution in [0.3, 0.4) is 0 Å². The highest BCUT2D eigenvalue weighted by Crippen LogP contribution is 2.32. The first-order chi connectivity index (χ1) is 17.6. The van der Waals surface area contributed by atoms with Crippen molar-refractivity contribution in [3.63, 3.8) is 0 Å². The molecule has 0 unspecified atom stereocenters. The fourth-order valence-electron chi connectivity index (χ4n) is 4.09. The Bertz CT molecular complexity index is 1860. The van der Waals surface area contributed by atoms with Gasteiger partial charge in [-0.05, 0) is 41.1 Å². The van der Waals surface area contributed by atoms with E-state index in [2.05, 4.69) is 10.5 Å². The van der Waals surface area contributed by atoms with Gasteiger partial charge in [-0.2, -0.15) is 0 Å². The number of fused-ring (bicyclic) bond motifs is 4. The van der Waals surface area contributed by atoms with Crippen molar-refractivity contribution in [2.24, 2.45) is 5.10 Å². The zero-order valence-electron chi connectivity index (χ0n) is 18.5. The van der Waals surface area contributed by atoms with Crippen molar-refractivity contribution in [3.05, 3.63) is 112 Å². The molecular weight excluding hydrogens is 476 g/mol. The van der Waals surface area contributed by atoms with E-state index < -0.39 is 10.8 Å². The summed E-state index contributed by atoms with van der Waals surface area (Å²) in [6, 6.07) is 27.2. The average Bonchev–Trinajstić information content (AvgIpc) is 3.35. The summed E-state index contributed by atoms with van der Waals surface area (Å²) in [5, 5.41) is 19.2. The van der Waals surface area contributed by atoms with E-state index in [1.807, 2.05) is 66.7 Å². The Morgan fingerprint density at radius 3 is 2.58 bits per heavy atom. The molecule has 0 bridgehead atoms. The van der Waals surface area contributed by atoms with Crippen LogP contribution >= 0.6 is 11.3 Å². The van der Waals surface area contributed by atoms with Crippen molar-refractivity contribution in [3.8, 4) is 10.6 Å².